The van der Waals surface area contributed by atoms with Gasteiger partial charge in [0.1, 0.15) is 0 Å². The molecule has 0 saturated heterocycles. The molecule has 26 heavy (non-hydrogen) atoms. The van der Waals surface area contributed by atoms with Gasteiger partial charge < -0.3 is 9.88 Å². The van der Waals surface area contributed by atoms with Crippen molar-refractivity contribution in [2.75, 3.05) is 18.0 Å². The lowest BCUT2D eigenvalue weighted by Gasteiger charge is -2.40. The lowest BCUT2D eigenvalue weighted by molar-refractivity contribution is 0.307. The summed E-state index contributed by atoms with van der Waals surface area (Å²) >= 11 is 3.42. The van der Waals surface area contributed by atoms with Crippen molar-refractivity contribution in [3.8, 4) is 0 Å². The van der Waals surface area contributed by atoms with E-state index in [2.05, 4.69) is 48.0 Å². The molecule has 5 heteroatoms. The fourth-order valence-electron chi connectivity index (χ4n) is 5.70. The van der Waals surface area contributed by atoms with Crippen molar-refractivity contribution in [2.45, 2.75) is 49.3 Å². The van der Waals surface area contributed by atoms with Gasteiger partial charge in [-0.3, -0.25) is 4.79 Å². The molecule has 2 heterocycles. The number of rotatable bonds is 4. The summed E-state index contributed by atoms with van der Waals surface area (Å²) in [4.78, 5) is 19.0. The fraction of sp³-hybridized carbons (Fsp3) is 0.571. The summed E-state index contributed by atoms with van der Waals surface area (Å²) in [6.45, 7) is 6.49. The van der Waals surface area contributed by atoms with Gasteiger partial charge >= 0.3 is 4.87 Å². The third-order valence-corrected chi connectivity index (χ3v) is 9.47. The van der Waals surface area contributed by atoms with Crippen LogP contribution in [0.3, 0.4) is 0 Å². The van der Waals surface area contributed by atoms with E-state index in [1.54, 1.807) is 0 Å². The van der Waals surface area contributed by atoms with Gasteiger partial charge in [-0.15, -0.1) is 11.8 Å². The highest BCUT2D eigenvalue weighted by atomic mass is 32.2. The molecule has 2 bridgehead atoms. The number of hydrogen-bond acceptors (Lipinski definition) is 4. The molecule has 3 nitrogen and oxygen atoms in total. The van der Waals surface area contributed by atoms with Crippen LogP contribution in [0.1, 0.15) is 49.5 Å². The van der Waals surface area contributed by atoms with E-state index in [-0.39, 0.29) is 4.87 Å². The van der Waals surface area contributed by atoms with Gasteiger partial charge in [0.2, 0.25) is 0 Å². The summed E-state index contributed by atoms with van der Waals surface area (Å²) in [5, 5.41) is 1.85. The van der Waals surface area contributed by atoms with Crippen LogP contribution in [0.2, 0.25) is 0 Å². The summed E-state index contributed by atoms with van der Waals surface area (Å²) in [5.41, 5.74) is 2.70. The normalized spacial score (nSPS) is 31.7. The van der Waals surface area contributed by atoms with Gasteiger partial charge in [0.15, 0.2) is 0 Å². The first-order valence-corrected chi connectivity index (χ1v) is 11.6. The Labute approximate surface area is 163 Å². The van der Waals surface area contributed by atoms with Crippen LogP contribution in [0.4, 0.5) is 5.69 Å². The summed E-state index contributed by atoms with van der Waals surface area (Å²) in [7, 11) is 0. The van der Waals surface area contributed by atoms with Gasteiger partial charge in [0.25, 0.3) is 0 Å². The SMILES string of the molecule is CCN(CC)c1ccc([C@H]2c3sc(=O)[nH]c3S[C@H]3[C@@H]4CC[C@@H](C4)[C@H]23)cc1. The van der Waals surface area contributed by atoms with E-state index < -0.39 is 0 Å². The average molecular weight is 387 g/mol. The second-order valence-electron chi connectivity index (χ2n) is 7.94. The van der Waals surface area contributed by atoms with Crippen LogP contribution < -0.4 is 9.77 Å². The van der Waals surface area contributed by atoms with Crippen LogP contribution in [0, 0.1) is 17.8 Å². The van der Waals surface area contributed by atoms with E-state index in [1.165, 1.54) is 46.7 Å². The highest BCUT2D eigenvalue weighted by molar-refractivity contribution is 8.00. The van der Waals surface area contributed by atoms with Gasteiger partial charge in [0, 0.05) is 34.8 Å². The molecule has 5 rings (SSSR count). The molecule has 1 aromatic heterocycles. The largest absolute Gasteiger partial charge is 0.372 e. The molecule has 2 aliphatic carbocycles. The lowest BCUT2D eigenvalue weighted by atomic mass is 9.75. The fourth-order valence-corrected chi connectivity index (χ4v) is 8.60. The maximum atomic E-state index is 12.1. The standard InChI is InChI=1S/C21H26N2OS2/c1-3-23(4-2)15-9-7-12(8-10-15)16-17-13-5-6-14(11-13)18(17)25-20-19(16)26-21(24)22-20/h7-10,13-14,16-18H,3-6,11H2,1-2H3,(H,22,24)/t13-,14+,16+,17+,18-/m0/s1. The van der Waals surface area contributed by atoms with Crippen molar-refractivity contribution in [3.05, 3.63) is 44.4 Å². The summed E-state index contributed by atoms with van der Waals surface area (Å²) in [5.74, 6) is 2.80. The number of aromatic nitrogens is 1. The molecular weight excluding hydrogens is 360 g/mol. The molecule has 1 N–H and O–H groups in total. The average Bonchev–Trinajstić information content (AvgIpc) is 3.35. The second kappa shape index (κ2) is 6.45. The van der Waals surface area contributed by atoms with Gasteiger partial charge in [-0.2, -0.15) is 0 Å². The number of hydrogen-bond donors (Lipinski definition) is 1. The first kappa shape index (κ1) is 16.9. The van der Waals surface area contributed by atoms with Gasteiger partial charge in [-0.05, 0) is 68.6 Å². The van der Waals surface area contributed by atoms with Crippen molar-refractivity contribution >= 4 is 28.8 Å². The minimum absolute atomic E-state index is 0.111. The number of thioether (sulfide) groups is 1. The van der Waals surface area contributed by atoms with Crippen molar-refractivity contribution < 1.29 is 0 Å². The molecule has 0 amide bonds. The predicted octanol–water partition coefficient (Wildman–Crippen LogP) is 4.93. The number of anilines is 1. The Kier molecular flexibility index (Phi) is 4.20. The molecule has 0 radical (unpaired) electrons. The molecule has 0 unspecified atom stereocenters. The van der Waals surface area contributed by atoms with Gasteiger partial charge in [-0.25, -0.2) is 0 Å². The number of H-pyrrole nitrogens is 1. The summed E-state index contributed by atoms with van der Waals surface area (Å²) < 4.78 is 0. The van der Waals surface area contributed by atoms with Crippen LogP contribution >= 0.6 is 23.1 Å². The Balaban J connectivity index is 1.56. The van der Waals surface area contributed by atoms with Crippen molar-refractivity contribution in [1.82, 2.24) is 4.98 Å². The topological polar surface area (TPSA) is 36.1 Å². The molecule has 2 saturated carbocycles. The summed E-state index contributed by atoms with van der Waals surface area (Å²) in [6, 6.07) is 9.21. The van der Waals surface area contributed by atoms with E-state index in [9.17, 15) is 4.79 Å². The number of aromatic amines is 1. The molecular formula is C21H26N2OS2. The Morgan fingerprint density at radius 2 is 1.85 bits per heavy atom. The Hall–Kier alpha value is -1.20. The minimum atomic E-state index is 0.111. The third kappa shape index (κ3) is 2.50. The first-order chi connectivity index (χ1) is 12.7. The highest BCUT2D eigenvalue weighted by Gasteiger charge is 2.54. The molecule has 2 aromatic rings. The smallest absolute Gasteiger partial charge is 0.305 e. The van der Waals surface area contributed by atoms with Crippen LogP contribution in [0.5, 0.6) is 0 Å². The molecule has 0 spiro atoms. The number of benzene rings is 1. The molecule has 1 aliphatic heterocycles. The first-order valence-electron chi connectivity index (χ1n) is 9.94. The van der Waals surface area contributed by atoms with E-state index in [0.29, 0.717) is 17.1 Å². The molecule has 138 valence electrons. The Morgan fingerprint density at radius 3 is 2.58 bits per heavy atom. The van der Waals surface area contributed by atoms with Crippen LogP contribution in [-0.2, 0) is 0 Å². The highest BCUT2D eigenvalue weighted by Crippen LogP contribution is 2.63. The number of nitrogens with zero attached hydrogens (tertiary/aromatic N) is 1. The van der Waals surface area contributed by atoms with Crippen LogP contribution in [-0.4, -0.2) is 23.3 Å². The monoisotopic (exact) mass is 386 g/mol. The molecule has 3 aliphatic rings. The Bertz CT molecular complexity index is 852. The van der Waals surface area contributed by atoms with E-state index >= 15 is 0 Å². The zero-order valence-corrected chi connectivity index (χ0v) is 17.0. The third-order valence-electron chi connectivity index (χ3n) is 6.85. The van der Waals surface area contributed by atoms with E-state index in [0.717, 1.165) is 30.0 Å². The van der Waals surface area contributed by atoms with Crippen LogP contribution in [0.15, 0.2) is 34.1 Å². The predicted molar refractivity (Wildman–Crippen MR) is 111 cm³/mol. The second-order valence-corrected chi connectivity index (χ2v) is 10.1. The lowest BCUT2D eigenvalue weighted by Crippen LogP contribution is -2.33. The summed E-state index contributed by atoms with van der Waals surface area (Å²) in [6.07, 6.45) is 4.17. The van der Waals surface area contributed by atoms with Gasteiger partial charge in [0.05, 0.1) is 5.03 Å². The molecule has 5 atom stereocenters. The van der Waals surface area contributed by atoms with Gasteiger partial charge in [-0.1, -0.05) is 23.5 Å². The van der Waals surface area contributed by atoms with E-state index in [4.69, 9.17) is 0 Å². The quantitative estimate of drug-likeness (QED) is 0.809. The number of fused-ring (bicyclic) bond motifs is 6. The zero-order chi connectivity index (χ0) is 17.8. The maximum Gasteiger partial charge on any atom is 0.305 e. The van der Waals surface area contributed by atoms with Crippen LogP contribution in [0.25, 0.3) is 0 Å². The minimum Gasteiger partial charge on any atom is -0.372 e. The number of thiazole rings is 1. The Morgan fingerprint density at radius 1 is 1.12 bits per heavy atom. The van der Waals surface area contributed by atoms with Crippen molar-refractivity contribution in [2.24, 2.45) is 17.8 Å². The molecule has 1 aromatic carbocycles. The van der Waals surface area contributed by atoms with Crippen molar-refractivity contribution in [3.63, 3.8) is 0 Å². The zero-order valence-electron chi connectivity index (χ0n) is 15.4. The molecule has 2 fully saturated rings. The van der Waals surface area contributed by atoms with E-state index in [1.807, 2.05) is 11.8 Å². The maximum absolute atomic E-state index is 12.1. The number of nitrogens with one attached hydrogen (secondary N) is 1. The van der Waals surface area contributed by atoms with Crippen molar-refractivity contribution in [1.29, 1.82) is 0 Å².